The average molecular weight is 283 g/mol. The van der Waals surface area contributed by atoms with Crippen molar-refractivity contribution < 1.29 is 5.11 Å². The monoisotopic (exact) mass is 283 g/mol. The van der Waals surface area contributed by atoms with Gasteiger partial charge in [-0.15, -0.1) is 0 Å². The SMILES string of the molecule is CC(C)NC(C)CC(c1ccccc1)c1ccc(O)cc1. The maximum Gasteiger partial charge on any atom is 0.115 e. The molecule has 2 atom stereocenters. The fourth-order valence-electron chi connectivity index (χ4n) is 2.85. The van der Waals surface area contributed by atoms with Gasteiger partial charge in [-0.05, 0) is 36.6 Å². The molecule has 2 heteroatoms. The highest BCUT2D eigenvalue weighted by molar-refractivity contribution is 5.35. The molecule has 0 aliphatic heterocycles. The van der Waals surface area contributed by atoms with E-state index in [1.165, 1.54) is 11.1 Å². The van der Waals surface area contributed by atoms with Gasteiger partial charge < -0.3 is 10.4 Å². The third kappa shape index (κ3) is 4.61. The Bertz CT molecular complexity index is 533. The summed E-state index contributed by atoms with van der Waals surface area (Å²) < 4.78 is 0. The number of nitrogens with one attached hydrogen (secondary N) is 1. The Kier molecular flexibility index (Phi) is 5.40. The van der Waals surface area contributed by atoms with Gasteiger partial charge in [0.25, 0.3) is 0 Å². The van der Waals surface area contributed by atoms with Crippen molar-refractivity contribution in [3.05, 3.63) is 65.7 Å². The van der Waals surface area contributed by atoms with E-state index < -0.39 is 0 Å². The molecule has 2 aromatic rings. The van der Waals surface area contributed by atoms with Crippen LogP contribution in [-0.4, -0.2) is 17.2 Å². The molecule has 112 valence electrons. The standard InChI is InChI=1S/C19H25NO/c1-14(2)20-15(3)13-19(16-7-5-4-6-8-16)17-9-11-18(21)12-10-17/h4-12,14-15,19-21H,13H2,1-3H3. The molecule has 2 rings (SSSR count). The number of phenolic OH excluding ortho intramolecular Hbond substituents is 1. The number of hydrogen-bond acceptors (Lipinski definition) is 2. The smallest absolute Gasteiger partial charge is 0.115 e. The molecule has 0 aliphatic rings. The van der Waals surface area contributed by atoms with E-state index in [0.717, 1.165) is 6.42 Å². The highest BCUT2D eigenvalue weighted by atomic mass is 16.3. The van der Waals surface area contributed by atoms with Crippen molar-refractivity contribution in [2.75, 3.05) is 0 Å². The van der Waals surface area contributed by atoms with Crippen LogP contribution < -0.4 is 5.32 Å². The fraction of sp³-hybridized carbons (Fsp3) is 0.368. The first-order chi connectivity index (χ1) is 10.1. The molecule has 0 saturated carbocycles. The van der Waals surface area contributed by atoms with E-state index in [9.17, 15) is 5.11 Å². The Balaban J connectivity index is 2.24. The molecule has 0 aliphatic carbocycles. The summed E-state index contributed by atoms with van der Waals surface area (Å²) in [6.07, 6.45) is 1.03. The summed E-state index contributed by atoms with van der Waals surface area (Å²) in [6.45, 7) is 6.58. The first-order valence-electron chi connectivity index (χ1n) is 7.66. The minimum atomic E-state index is 0.318. The first kappa shape index (κ1) is 15.6. The minimum absolute atomic E-state index is 0.318. The van der Waals surface area contributed by atoms with Crippen LogP contribution in [0.2, 0.25) is 0 Å². The second-order valence-electron chi connectivity index (χ2n) is 6.01. The van der Waals surface area contributed by atoms with Gasteiger partial charge in [0.1, 0.15) is 5.75 Å². The number of rotatable bonds is 6. The van der Waals surface area contributed by atoms with Crippen molar-refractivity contribution in [2.24, 2.45) is 0 Å². The molecular formula is C19H25NO. The zero-order valence-electron chi connectivity index (χ0n) is 13.1. The maximum atomic E-state index is 9.50. The Morgan fingerprint density at radius 2 is 1.43 bits per heavy atom. The molecule has 2 aromatic carbocycles. The van der Waals surface area contributed by atoms with Crippen LogP contribution >= 0.6 is 0 Å². The zero-order chi connectivity index (χ0) is 15.2. The Morgan fingerprint density at radius 1 is 0.857 bits per heavy atom. The van der Waals surface area contributed by atoms with Gasteiger partial charge in [0.05, 0.1) is 0 Å². The van der Waals surface area contributed by atoms with E-state index in [-0.39, 0.29) is 0 Å². The van der Waals surface area contributed by atoms with Crippen LogP contribution in [0, 0.1) is 0 Å². The predicted molar refractivity (Wildman–Crippen MR) is 88.7 cm³/mol. The van der Waals surface area contributed by atoms with Crippen molar-refractivity contribution >= 4 is 0 Å². The summed E-state index contributed by atoms with van der Waals surface area (Å²) in [5.41, 5.74) is 2.57. The summed E-state index contributed by atoms with van der Waals surface area (Å²) in [5.74, 6) is 0.659. The van der Waals surface area contributed by atoms with E-state index >= 15 is 0 Å². The van der Waals surface area contributed by atoms with E-state index in [1.807, 2.05) is 18.2 Å². The molecule has 0 saturated heterocycles. The van der Waals surface area contributed by atoms with Gasteiger partial charge in [0, 0.05) is 18.0 Å². The molecule has 0 heterocycles. The minimum Gasteiger partial charge on any atom is -0.508 e. The van der Waals surface area contributed by atoms with Crippen LogP contribution in [-0.2, 0) is 0 Å². The molecule has 2 nitrogen and oxygen atoms in total. The third-order valence-corrected chi connectivity index (χ3v) is 3.70. The van der Waals surface area contributed by atoms with Crippen molar-refractivity contribution in [2.45, 2.75) is 45.2 Å². The van der Waals surface area contributed by atoms with Crippen LogP contribution in [0.5, 0.6) is 5.75 Å². The molecule has 2 unspecified atom stereocenters. The zero-order valence-corrected chi connectivity index (χ0v) is 13.1. The molecule has 0 fully saturated rings. The number of phenols is 1. The molecule has 0 bridgehead atoms. The Hall–Kier alpha value is -1.80. The normalized spacial score (nSPS) is 14.1. The largest absolute Gasteiger partial charge is 0.508 e. The topological polar surface area (TPSA) is 32.3 Å². The van der Waals surface area contributed by atoms with Crippen LogP contribution in [0.25, 0.3) is 0 Å². The van der Waals surface area contributed by atoms with Gasteiger partial charge in [-0.2, -0.15) is 0 Å². The summed E-state index contributed by atoms with van der Waals surface area (Å²) in [5, 5.41) is 13.1. The summed E-state index contributed by atoms with van der Waals surface area (Å²) >= 11 is 0. The third-order valence-electron chi connectivity index (χ3n) is 3.70. The molecule has 0 spiro atoms. The second kappa shape index (κ2) is 7.28. The van der Waals surface area contributed by atoms with Crippen LogP contribution in [0.3, 0.4) is 0 Å². The van der Waals surface area contributed by atoms with Gasteiger partial charge in [-0.1, -0.05) is 56.3 Å². The lowest BCUT2D eigenvalue weighted by Gasteiger charge is -2.24. The first-order valence-corrected chi connectivity index (χ1v) is 7.66. The molecular weight excluding hydrogens is 258 g/mol. The predicted octanol–water partition coefficient (Wildman–Crippen LogP) is 4.30. The Labute approximate surface area is 127 Å². The van der Waals surface area contributed by atoms with Crippen LogP contribution in [0.1, 0.15) is 44.2 Å². The van der Waals surface area contributed by atoms with Crippen molar-refractivity contribution in [1.29, 1.82) is 0 Å². The van der Waals surface area contributed by atoms with Gasteiger partial charge >= 0.3 is 0 Å². The second-order valence-corrected chi connectivity index (χ2v) is 6.01. The average Bonchev–Trinajstić information content (AvgIpc) is 2.46. The summed E-state index contributed by atoms with van der Waals surface area (Å²) in [4.78, 5) is 0. The van der Waals surface area contributed by atoms with Gasteiger partial charge in [0.15, 0.2) is 0 Å². The molecule has 0 aromatic heterocycles. The van der Waals surface area contributed by atoms with Crippen LogP contribution in [0.4, 0.5) is 0 Å². The number of hydrogen-bond donors (Lipinski definition) is 2. The molecule has 21 heavy (non-hydrogen) atoms. The van der Waals surface area contributed by atoms with E-state index in [0.29, 0.717) is 23.8 Å². The highest BCUT2D eigenvalue weighted by Crippen LogP contribution is 2.30. The molecule has 0 amide bonds. The summed E-state index contributed by atoms with van der Waals surface area (Å²) in [6, 6.07) is 19.1. The van der Waals surface area contributed by atoms with Crippen molar-refractivity contribution in [1.82, 2.24) is 5.32 Å². The highest BCUT2D eigenvalue weighted by Gasteiger charge is 2.17. The lowest BCUT2D eigenvalue weighted by molar-refractivity contribution is 0.448. The van der Waals surface area contributed by atoms with Gasteiger partial charge in [-0.25, -0.2) is 0 Å². The van der Waals surface area contributed by atoms with Crippen molar-refractivity contribution in [3.8, 4) is 5.75 Å². The Morgan fingerprint density at radius 3 is 2.00 bits per heavy atom. The van der Waals surface area contributed by atoms with E-state index in [4.69, 9.17) is 0 Å². The fourth-order valence-corrected chi connectivity index (χ4v) is 2.85. The number of benzene rings is 2. The lowest BCUT2D eigenvalue weighted by atomic mass is 9.86. The van der Waals surface area contributed by atoms with Gasteiger partial charge in [-0.3, -0.25) is 0 Å². The molecule has 2 N–H and O–H groups in total. The maximum absolute atomic E-state index is 9.50. The summed E-state index contributed by atoms with van der Waals surface area (Å²) in [7, 11) is 0. The van der Waals surface area contributed by atoms with Crippen LogP contribution in [0.15, 0.2) is 54.6 Å². The number of aromatic hydroxyl groups is 1. The van der Waals surface area contributed by atoms with E-state index in [2.05, 4.69) is 50.4 Å². The van der Waals surface area contributed by atoms with Crippen molar-refractivity contribution in [3.63, 3.8) is 0 Å². The lowest BCUT2D eigenvalue weighted by Crippen LogP contribution is -2.33. The molecule has 0 radical (unpaired) electrons. The van der Waals surface area contributed by atoms with Gasteiger partial charge in [0.2, 0.25) is 0 Å². The quantitative estimate of drug-likeness (QED) is 0.828. The van der Waals surface area contributed by atoms with E-state index in [1.54, 1.807) is 12.1 Å².